The number of aldehydes is 1. The molecule has 7 heteroatoms. The Labute approximate surface area is 130 Å². The van der Waals surface area contributed by atoms with E-state index < -0.39 is 11.9 Å². The summed E-state index contributed by atoms with van der Waals surface area (Å²) in [4.78, 5) is 18.6. The molecule has 1 saturated carbocycles. The van der Waals surface area contributed by atoms with E-state index in [9.17, 15) is 18.0 Å². The van der Waals surface area contributed by atoms with Crippen LogP contribution in [0.15, 0.2) is 30.5 Å². The number of carbonyl (C=O) groups excluding carboxylic acids is 1. The van der Waals surface area contributed by atoms with E-state index in [0.29, 0.717) is 17.6 Å². The lowest BCUT2D eigenvalue weighted by Gasteiger charge is -2.27. The zero-order chi connectivity index (χ0) is 16.4. The average Bonchev–Trinajstić information content (AvgIpc) is 2.50. The van der Waals surface area contributed by atoms with Crippen molar-refractivity contribution in [3.63, 3.8) is 0 Å². The van der Waals surface area contributed by atoms with Crippen molar-refractivity contribution in [3.8, 4) is 17.1 Å². The number of rotatable bonds is 4. The van der Waals surface area contributed by atoms with Crippen LogP contribution < -0.4 is 4.74 Å². The molecule has 0 aliphatic heterocycles. The number of nitrogens with zero attached hydrogens (tertiary/aromatic N) is 2. The highest BCUT2D eigenvalue weighted by Crippen LogP contribution is 2.31. The van der Waals surface area contributed by atoms with Crippen LogP contribution >= 0.6 is 0 Å². The fraction of sp³-hybridized carbons (Fsp3) is 0.312. The largest absolute Gasteiger partial charge is 0.490 e. The van der Waals surface area contributed by atoms with Crippen molar-refractivity contribution in [2.24, 2.45) is 0 Å². The molecule has 0 saturated heterocycles. The summed E-state index contributed by atoms with van der Waals surface area (Å²) in [6.07, 6.45) is 0.197. The van der Waals surface area contributed by atoms with Crippen LogP contribution in [0.2, 0.25) is 0 Å². The molecule has 3 rings (SSSR count). The van der Waals surface area contributed by atoms with E-state index in [4.69, 9.17) is 4.74 Å². The third-order valence-corrected chi connectivity index (χ3v) is 3.69. The third-order valence-electron chi connectivity index (χ3n) is 3.69. The van der Waals surface area contributed by atoms with Gasteiger partial charge in [-0.2, -0.15) is 13.2 Å². The van der Waals surface area contributed by atoms with Crippen molar-refractivity contribution in [2.45, 2.75) is 31.5 Å². The van der Waals surface area contributed by atoms with Crippen molar-refractivity contribution in [1.29, 1.82) is 0 Å². The summed E-state index contributed by atoms with van der Waals surface area (Å²) in [7, 11) is 0. The Morgan fingerprint density at radius 2 is 2.00 bits per heavy atom. The van der Waals surface area contributed by atoms with Crippen molar-refractivity contribution >= 4 is 6.29 Å². The molecule has 1 fully saturated rings. The van der Waals surface area contributed by atoms with E-state index in [1.165, 1.54) is 6.07 Å². The smallest absolute Gasteiger partial charge is 0.433 e. The standard InChI is InChI=1S/C16H13F3N2O2/c17-16(18,19)14-6-7-20-15(21-14)10-4-5-13(11(8-10)9-22)23-12-2-1-3-12/h4-9,12H,1-3H2. The quantitative estimate of drug-likeness (QED) is 0.801. The number of alkyl halides is 3. The zero-order valence-electron chi connectivity index (χ0n) is 12.0. The molecule has 23 heavy (non-hydrogen) atoms. The van der Waals surface area contributed by atoms with Gasteiger partial charge >= 0.3 is 6.18 Å². The fourth-order valence-corrected chi connectivity index (χ4v) is 2.21. The lowest BCUT2D eigenvalue weighted by molar-refractivity contribution is -0.141. The summed E-state index contributed by atoms with van der Waals surface area (Å²) in [5.74, 6) is 0.346. The van der Waals surface area contributed by atoms with Crippen LogP contribution in [0, 0.1) is 0 Å². The molecular weight excluding hydrogens is 309 g/mol. The van der Waals surface area contributed by atoms with E-state index in [1.807, 2.05) is 0 Å². The Kier molecular flexibility index (Phi) is 4.02. The highest BCUT2D eigenvalue weighted by atomic mass is 19.4. The molecule has 0 atom stereocenters. The first-order valence-electron chi connectivity index (χ1n) is 7.14. The Bertz CT molecular complexity index is 728. The molecule has 0 unspecified atom stereocenters. The highest BCUT2D eigenvalue weighted by Gasteiger charge is 2.32. The maximum atomic E-state index is 12.7. The summed E-state index contributed by atoms with van der Waals surface area (Å²) in [6, 6.07) is 5.37. The van der Waals surface area contributed by atoms with Crippen LogP contribution in [0.5, 0.6) is 5.75 Å². The molecule has 0 spiro atoms. The van der Waals surface area contributed by atoms with Crippen molar-refractivity contribution < 1.29 is 22.7 Å². The number of hydrogen-bond acceptors (Lipinski definition) is 4. The first kappa shape index (κ1) is 15.5. The second-order valence-electron chi connectivity index (χ2n) is 5.30. The van der Waals surface area contributed by atoms with E-state index in [0.717, 1.165) is 31.5 Å². The number of benzene rings is 1. The number of ether oxygens (including phenoxy) is 1. The lowest BCUT2D eigenvalue weighted by atomic mass is 9.96. The maximum Gasteiger partial charge on any atom is 0.433 e. The molecule has 0 amide bonds. The molecule has 1 aliphatic carbocycles. The lowest BCUT2D eigenvalue weighted by Crippen LogP contribution is -2.25. The minimum absolute atomic E-state index is 0.0851. The SMILES string of the molecule is O=Cc1cc(-c2nccc(C(F)(F)F)n2)ccc1OC1CCC1. The molecule has 0 N–H and O–H groups in total. The van der Waals surface area contributed by atoms with Crippen molar-refractivity contribution in [3.05, 3.63) is 41.7 Å². The Hall–Kier alpha value is -2.44. The Balaban J connectivity index is 1.92. The number of hydrogen-bond donors (Lipinski definition) is 0. The van der Waals surface area contributed by atoms with Gasteiger partial charge in [-0.1, -0.05) is 0 Å². The summed E-state index contributed by atoms with van der Waals surface area (Å²) < 4.78 is 43.8. The van der Waals surface area contributed by atoms with Crippen LogP contribution in [0.4, 0.5) is 13.2 Å². The fourth-order valence-electron chi connectivity index (χ4n) is 2.21. The monoisotopic (exact) mass is 322 g/mol. The topological polar surface area (TPSA) is 52.1 Å². The molecule has 1 heterocycles. The van der Waals surface area contributed by atoms with Crippen LogP contribution in [0.1, 0.15) is 35.3 Å². The summed E-state index contributed by atoms with van der Waals surface area (Å²) in [5.41, 5.74) is -0.417. The molecule has 1 aromatic heterocycles. The van der Waals surface area contributed by atoms with Gasteiger partial charge in [-0.15, -0.1) is 0 Å². The molecular formula is C16H13F3N2O2. The molecule has 4 nitrogen and oxygen atoms in total. The normalized spacial score (nSPS) is 15.1. The summed E-state index contributed by atoms with van der Waals surface area (Å²) in [5, 5.41) is 0. The number of aromatic nitrogens is 2. The summed E-state index contributed by atoms with van der Waals surface area (Å²) in [6.45, 7) is 0. The van der Waals surface area contributed by atoms with Gasteiger partial charge < -0.3 is 4.74 Å². The zero-order valence-corrected chi connectivity index (χ0v) is 12.0. The molecule has 0 radical (unpaired) electrons. The summed E-state index contributed by atoms with van der Waals surface area (Å²) >= 11 is 0. The highest BCUT2D eigenvalue weighted by molar-refractivity contribution is 5.82. The predicted molar refractivity (Wildman–Crippen MR) is 76.1 cm³/mol. The van der Waals surface area contributed by atoms with E-state index >= 15 is 0 Å². The molecule has 120 valence electrons. The third kappa shape index (κ3) is 3.33. The van der Waals surface area contributed by atoms with E-state index in [1.54, 1.807) is 12.1 Å². The van der Waals surface area contributed by atoms with Crippen LogP contribution in [-0.2, 0) is 6.18 Å². The van der Waals surface area contributed by atoms with Crippen LogP contribution in [-0.4, -0.2) is 22.4 Å². The average molecular weight is 322 g/mol. The Morgan fingerprint density at radius 3 is 2.61 bits per heavy atom. The minimum atomic E-state index is -4.54. The molecule has 1 aliphatic rings. The van der Waals surface area contributed by atoms with Gasteiger partial charge in [-0.05, 0) is 43.5 Å². The number of halogens is 3. The predicted octanol–water partition coefficient (Wildman–Crippen LogP) is 3.91. The molecule has 2 aromatic rings. The van der Waals surface area contributed by atoms with Crippen molar-refractivity contribution in [2.75, 3.05) is 0 Å². The Morgan fingerprint density at radius 1 is 1.22 bits per heavy atom. The van der Waals surface area contributed by atoms with Gasteiger partial charge in [0.25, 0.3) is 0 Å². The van der Waals surface area contributed by atoms with Crippen molar-refractivity contribution in [1.82, 2.24) is 9.97 Å². The van der Waals surface area contributed by atoms with Gasteiger partial charge in [-0.25, -0.2) is 9.97 Å². The maximum absolute atomic E-state index is 12.7. The van der Waals surface area contributed by atoms with Gasteiger partial charge in [-0.3, -0.25) is 4.79 Å². The van der Waals surface area contributed by atoms with E-state index in [-0.39, 0.29) is 17.5 Å². The van der Waals surface area contributed by atoms with E-state index in [2.05, 4.69) is 9.97 Å². The van der Waals surface area contributed by atoms with Crippen LogP contribution in [0.25, 0.3) is 11.4 Å². The molecule has 0 bridgehead atoms. The first-order chi connectivity index (χ1) is 11.0. The minimum Gasteiger partial charge on any atom is -0.490 e. The van der Waals surface area contributed by atoms with Gasteiger partial charge in [0.1, 0.15) is 11.4 Å². The van der Waals surface area contributed by atoms with Gasteiger partial charge in [0.15, 0.2) is 12.1 Å². The first-order valence-corrected chi connectivity index (χ1v) is 7.14. The van der Waals surface area contributed by atoms with Crippen LogP contribution in [0.3, 0.4) is 0 Å². The van der Waals surface area contributed by atoms with Gasteiger partial charge in [0.05, 0.1) is 11.7 Å². The second-order valence-corrected chi connectivity index (χ2v) is 5.30. The number of carbonyl (C=O) groups is 1. The molecule has 1 aromatic carbocycles. The van der Waals surface area contributed by atoms with Gasteiger partial charge in [0, 0.05) is 11.8 Å². The van der Waals surface area contributed by atoms with Gasteiger partial charge in [0.2, 0.25) is 0 Å². The second kappa shape index (κ2) is 5.98.